The maximum Gasteiger partial charge on any atom is 0.416 e. The lowest BCUT2D eigenvalue weighted by Gasteiger charge is -2.22. The van der Waals surface area contributed by atoms with Crippen molar-refractivity contribution in [2.75, 3.05) is 5.32 Å². The molecule has 0 aliphatic carbocycles. The van der Waals surface area contributed by atoms with Gasteiger partial charge < -0.3 is 10.4 Å². The molecule has 2 aromatic heterocycles. The molecule has 2 aromatic carbocycles. The summed E-state index contributed by atoms with van der Waals surface area (Å²) in [5.74, 6) is 0.0420. The van der Waals surface area contributed by atoms with Gasteiger partial charge in [0, 0.05) is 29.4 Å². The second-order valence-corrected chi connectivity index (χ2v) is 6.63. The van der Waals surface area contributed by atoms with E-state index in [-0.39, 0.29) is 5.75 Å². The molecule has 0 amide bonds. The first-order valence-corrected chi connectivity index (χ1v) is 8.95. The summed E-state index contributed by atoms with van der Waals surface area (Å²) in [7, 11) is 0. The molecule has 0 spiro atoms. The number of aromatic nitrogens is 2. The van der Waals surface area contributed by atoms with Crippen LogP contribution in [-0.4, -0.2) is 5.11 Å². The lowest BCUT2D eigenvalue weighted by atomic mass is 9.96. The highest BCUT2D eigenvalue weighted by atomic mass is 19.4. The summed E-state index contributed by atoms with van der Waals surface area (Å²) in [6, 6.07) is 15.4. The van der Waals surface area contributed by atoms with Gasteiger partial charge in [-0.15, -0.1) is 0 Å². The molecule has 4 nitrogen and oxygen atoms in total. The highest BCUT2D eigenvalue weighted by Crippen LogP contribution is 2.37. The number of nitrogens with one attached hydrogen (secondary N) is 3. The molecule has 0 radical (unpaired) electrons. The van der Waals surface area contributed by atoms with Gasteiger partial charge in [0.1, 0.15) is 0 Å². The Balaban J connectivity index is 1.81. The number of rotatable bonds is 4. The minimum atomic E-state index is -4.44. The van der Waals surface area contributed by atoms with Crippen LogP contribution in [0.5, 0.6) is 5.75 Å². The summed E-state index contributed by atoms with van der Waals surface area (Å²) in [6.45, 7) is 0. The third-order valence-electron chi connectivity index (χ3n) is 4.73. The van der Waals surface area contributed by atoms with Gasteiger partial charge in [-0.25, -0.2) is 9.97 Å². The van der Waals surface area contributed by atoms with Crippen LogP contribution in [0.2, 0.25) is 0 Å². The standard InChI is InChI=1S/C22H16F3N3O/c23-22(24,25)16-4-1-5-17(13-16)28-19(15-8-11-26-12-9-15)18-7-6-14-3-2-10-27-20(14)21(18)29/h1-13,19,28-29H/p+2. The number of fused-ring (bicyclic) bond motifs is 1. The van der Waals surface area contributed by atoms with Crippen molar-refractivity contribution in [3.8, 4) is 5.75 Å². The Morgan fingerprint density at radius 1 is 0.897 bits per heavy atom. The SMILES string of the molecule is Oc1c(C(Nc2cccc(C(F)(F)F)c2)c2cc[nH+]cc2)ccc2ccc[nH+]c12. The van der Waals surface area contributed by atoms with Crippen LogP contribution < -0.4 is 15.3 Å². The van der Waals surface area contributed by atoms with E-state index in [4.69, 9.17) is 0 Å². The van der Waals surface area contributed by atoms with Crippen molar-refractivity contribution in [2.45, 2.75) is 12.2 Å². The lowest BCUT2D eigenvalue weighted by Crippen LogP contribution is -2.15. The fourth-order valence-electron chi connectivity index (χ4n) is 3.31. The Bertz CT molecular complexity index is 1150. The monoisotopic (exact) mass is 397 g/mol. The molecule has 0 bridgehead atoms. The summed E-state index contributed by atoms with van der Waals surface area (Å²) in [6.07, 6.45) is 0.716. The van der Waals surface area contributed by atoms with E-state index in [1.807, 2.05) is 30.3 Å². The van der Waals surface area contributed by atoms with Gasteiger partial charge in [-0.3, -0.25) is 0 Å². The predicted octanol–water partition coefficient (Wildman–Crippen LogP) is 4.39. The third-order valence-corrected chi connectivity index (χ3v) is 4.73. The first-order chi connectivity index (χ1) is 13.9. The first-order valence-electron chi connectivity index (χ1n) is 8.95. The van der Waals surface area contributed by atoms with E-state index in [1.165, 1.54) is 6.07 Å². The molecule has 0 saturated carbocycles. The Kier molecular flexibility index (Phi) is 4.80. The number of anilines is 1. The topological polar surface area (TPSA) is 60.5 Å². The molecule has 146 valence electrons. The van der Waals surface area contributed by atoms with Crippen molar-refractivity contribution in [2.24, 2.45) is 0 Å². The van der Waals surface area contributed by atoms with Gasteiger partial charge in [0.15, 0.2) is 24.3 Å². The van der Waals surface area contributed by atoms with Gasteiger partial charge in [0.2, 0.25) is 0 Å². The number of hydrogen-bond acceptors (Lipinski definition) is 2. The maximum atomic E-state index is 13.1. The number of hydrogen-bond donors (Lipinski definition) is 2. The number of halogens is 3. The van der Waals surface area contributed by atoms with Crippen LogP contribution in [0.4, 0.5) is 18.9 Å². The van der Waals surface area contributed by atoms with Gasteiger partial charge in [-0.1, -0.05) is 12.1 Å². The Morgan fingerprint density at radius 3 is 2.45 bits per heavy atom. The van der Waals surface area contributed by atoms with Crippen molar-refractivity contribution in [1.82, 2.24) is 0 Å². The molecule has 4 aromatic rings. The molecule has 7 heteroatoms. The largest absolute Gasteiger partial charge is 0.502 e. The zero-order valence-electron chi connectivity index (χ0n) is 15.2. The van der Waals surface area contributed by atoms with E-state index in [9.17, 15) is 18.3 Å². The second-order valence-electron chi connectivity index (χ2n) is 6.63. The molecule has 29 heavy (non-hydrogen) atoms. The Morgan fingerprint density at radius 2 is 1.69 bits per heavy atom. The maximum absolute atomic E-state index is 13.1. The second kappa shape index (κ2) is 7.43. The third kappa shape index (κ3) is 3.85. The molecular formula is C22H18F3N3O+2. The number of phenols is 1. The average Bonchev–Trinajstić information content (AvgIpc) is 2.73. The lowest BCUT2D eigenvalue weighted by molar-refractivity contribution is -0.378. The van der Waals surface area contributed by atoms with Crippen LogP contribution in [0, 0.1) is 0 Å². The van der Waals surface area contributed by atoms with Crippen LogP contribution in [0.1, 0.15) is 22.7 Å². The van der Waals surface area contributed by atoms with Crippen LogP contribution in [0.25, 0.3) is 10.9 Å². The van der Waals surface area contributed by atoms with Crippen molar-refractivity contribution < 1.29 is 28.2 Å². The van der Waals surface area contributed by atoms with E-state index in [0.717, 1.165) is 23.1 Å². The molecule has 0 aliphatic heterocycles. The molecule has 0 saturated heterocycles. The molecule has 2 heterocycles. The van der Waals surface area contributed by atoms with E-state index < -0.39 is 17.8 Å². The number of aromatic hydroxyl groups is 1. The molecule has 4 N–H and O–H groups in total. The van der Waals surface area contributed by atoms with Crippen molar-refractivity contribution in [3.05, 3.63) is 95.9 Å². The van der Waals surface area contributed by atoms with Crippen LogP contribution in [-0.2, 0) is 6.18 Å². The first kappa shape index (κ1) is 18.7. The van der Waals surface area contributed by atoms with E-state index in [2.05, 4.69) is 15.3 Å². The van der Waals surface area contributed by atoms with E-state index >= 15 is 0 Å². The smallest absolute Gasteiger partial charge is 0.416 e. The average molecular weight is 397 g/mol. The Labute approximate surface area is 164 Å². The summed E-state index contributed by atoms with van der Waals surface area (Å²) in [5, 5.41) is 14.9. The molecule has 4 rings (SSSR count). The number of H-pyrrole nitrogens is 2. The van der Waals surface area contributed by atoms with Gasteiger partial charge in [0.05, 0.1) is 17.0 Å². The van der Waals surface area contributed by atoms with Crippen LogP contribution >= 0.6 is 0 Å². The fourth-order valence-corrected chi connectivity index (χ4v) is 3.31. The van der Waals surface area contributed by atoms with Gasteiger partial charge >= 0.3 is 6.18 Å². The highest BCUT2D eigenvalue weighted by Gasteiger charge is 2.31. The van der Waals surface area contributed by atoms with E-state index in [0.29, 0.717) is 16.8 Å². The number of alkyl halides is 3. The van der Waals surface area contributed by atoms with Crippen LogP contribution in [0.15, 0.2) is 79.3 Å². The van der Waals surface area contributed by atoms with Gasteiger partial charge in [0.25, 0.3) is 5.52 Å². The van der Waals surface area contributed by atoms with Crippen LogP contribution in [0.3, 0.4) is 0 Å². The molecular weight excluding hydrogens is 379 g/mol. The summed E-state index contributed by atoms with van der Waals surface area (Å²) in [5.41, 5.74) is 1.45. The summed E-state index contributed by atoms with van der Waals surface area (Å²) < 4.78 is 39.3. The summed E-state index contributed by atoms with van der Waals surface area (Å²) >= 11 is 0. The fraction of sp³-hybridized carbons (Fsp3) is 0.0909. The van der Waals surface area contributed by atoms with Gasteiger partial charge in [-0.05, 0) is 35.9 Å². The minimum absolute atomic E-state index is 0.0420. The van der Waals surface area contributed by atoms with E-state index in [1.54, 1.807) is 30.7 Å². The molecule has 1 unspecified atom stereocenters. The number of aromatic amines is 2. The normalized spacial score (nSPS) is 12.7. The zero-order chi connectivity index (χ0) is 20.4. The molecule has 1 atom stereocenters. The quantitative estimate of drug-likeness (QED) is 0.536. The van der Waals surface area contributed by atoms with Crippen molar-refractivity contribution in [1.29, 1.82) is 0 Å². The molecule has 0 fully saturated rings. The predicted molar refractivity (Wildman–Crippen MR) is 102 cm³/mol. The zero-order valence-corrected chi connectivity index (χ0v) is 15.2. The Hall–Kier alpha value is -3.61. The van der Waals surface area contributed by atoms with Crippen molar-refractivity contribution >= 4 is 16.6 Å². The number of benzene rings is 2. The highest BCUT2D eigenvalue weighted by molar-refractivity contribution is 5.83. The number of pyridine rings is 2. The van der Waals surface area contributed by atoms with Crippen molar-refractivity contribution in [3.63, 3.8) is 0 Å². The summed E-state index contributed by atoms with van der Waals surface area (Å²) in [4.78, 5) is 5.96. The minimum Gasteiger partial charge on any atom is -0.502 e. The molecule has 0 aliphatic rings. The van der Waals surface area contributed by atoms with Gasteiger partial charge in [-0.2, -0.15) is 13.2 Å². The number of phenolic OH excluding ortho intramolecular Hbond substituents is 1.